The second-order valence-corrected chi connectivity index (χ2v) is 6.10. The van der Waals surface area contributed by atoms with Crippen LogP contribution in [0.3, 0.4) is 0 Å². The van der Waals surface area contributed by atoms with E-state index < -0.39 is 5.97 Å². The largest absolute Gasteiger partial charge is 0.494 e. The van der Waals surface area contributed by atoms with Crippen molar-refractivity contribution in [1.29, 1.82) is 0 Å². The third kappa shape index (κ3) is 6.87. The van der Waals surface area contributed by atoms with Crippen molar-refractivity contribution in [3.05, 3.63) is 54.1 Å². The van der Waals surface area contributed by atoms with Crippen molar-refractivity contribution in [3.63, 3.8) is 0 Å². The Bertz CT molecular complexity index is 635. The molecule has 4 nitrogen and oxygen atoms in total. The molecule has 0 radical (unpaired) electrons. The first kappa shape index (κ1) is 18.8. The van der Waals surface area contributed by atoms with Gasteiger partial charge in [-0.1, -0.05) is 39.0 Å². The standard InChI is InChI=1S/C21H27NO3/c1-2-3-4-5-6-7-16-24-19-12-8-17(9-13-19)21(23)25-20-14-10-18(22)11-15-20/h8-15H,2-7,16,22H2,1H3. The minimum Gasteiger partial charge on any atom is -0.494 e. The van der Waals surface area contributed by atoms with Crippen molar-refractivity contribution in [2.75, 3.05) is 12.3 Å². The fraction of sp³-hybridized carbons (Fsp3) is 0.381. The molecule has 2 rings (SSSR count). The minimum absolute atomic E-state index is 0.396. The van der Waals surface area contributed by atoms with E-state index in [2.05, 4.69) is 6.92 Å². The van der Waals surface area contributed by atoms with Gasteiger partial charge in [0.25, 0.3) is 0 Å². The third-order valence-corrected chi connectivity index (χ3v) is 3.95. The summed E-state index contributed by atoms with van der Waals surface area (Å²) in [5, 5.41) is 0. The quantitative estimate of drug-likeness (QED) is 0.278. The van der Waals surface area contributed by atoms with Gasteiger partial charge in [0.2, 0.25) is 0 Å². The fourth-order valence-corrected chi connectivity index (χ4v) is 2.46. The summed E-state index contributed by atoms with van der Waals surface area (Å²) >= 11 is 0. The Balaban J connectivity index is 1.73. The molecule has 0 fully saturated rings. The first-order valence-electron chi connectivity index (χ1n) is 8.99. The highest BCUT2D eigenvalue weighted by Crippen LogP contribution is 2.17. The van der Waals surface area contributed by atoms with Gasteiger partial charge in [-0.25, -0.2) is 4.79 Å². The third-order valence-electron chi connectivity index (χ3n) is 3.95. The van der Waals surface area contributed by atoms with Gasteiger partial charge in [0.15, 0.2) is 0 Å². The second-order valence-electron chi connectivity index (χ2n) is 6.10. The van der Waals surface area contributed by atoms with E-state index in [-0.39, 0.29) is 0 Å². The van der Waals surface area contributed by atoms with E-state index in [0.29, 0.717) is 23.6 Å². The van der Waals surface area contributed by atoms with Crippen LogP contribution in [0.4, 0.5) is 5.69 Å². The van der Waals surface area contributed by atoms with Crippen LogP contribution in [-0.4, -0.2) is 12.6 Å². The summed E-state index contributed by atoms with van der Waals surface area (Å²) in [5.41, 5.74) is 6.73. The lowest BCUT2D eigenvalue weighted by atomic mass is 10.1. The van der Waals surface area contributed by atoms with Gasteiger partial charge >= 0.3 is 5.97 Å². The predicted molar refractivity (Wildman–Crippen MR) is 101 cm³/mol. The number of rotatable bonds is 10. The van der Waals surface area contributed by atoms with Crippen LogP contribution in [0, 0.1) is 0 Å². The molecular weight excluding hydrogens is 314 g/mol. The number of carbonyl (C=O) groups excluding carboxylic acids is 1. The fourth-order valence-electron chi connectivity index (χ4n) is 2.46. The Hall–Kier alpha value is -2.49. The van der Waals surface area contributed by atoms with Gasteiger partial charge in [-0.15, -0.1) is 0 Å². The van der Waals surface area contributed by atoms with Crippen LogP contribution in [0.1, 0.15) is 55.8 Å². The van der Waals surface area contributed by atoms with Gasteiger partial charge < -0.3 is 15.2 Å². The molecule has 4 heteroatoms. The highest BCUT2D eigenvalue weighted by atomic mass is 16.5. The molecule has 2 aromatic rings. The molecule has 0 aliphatic rings. The molecule has 0 aromatic heterocycles. The van der Waals surface area contributed by atoms with E-state index in [1.807, 2.05) is 0 Å². The zero-order valence-corrected chi connectivity index (χ0v) is 14.9. The second kappa shape index (κ2) is 10.4. The molecule has 0 saturated carbocycles. The van der Waals surface area contributed by atoms with E-state index in [9.17, 15) is 4.79 Å². The molecule has 2 aromatic carbocycles. The van der Waals surface area contributed by atoms with Gasteiger partial charge in [0, 0.05) is 5.69 Å². The normalized spacial score (nSPS) is 10.4. The smallest absolute Gasteiger partial charge is 0.343 e. The zero-order valence-electron chi connectivity index (χ0n) is 14.9. The maximum Gasteiger partial charge on any atom is 0.343 e. The van der Waals surface area contributed by atoms with Gasteiger partial charge in [-0.3, -0.25) is 0 Å². The first-order chi connectivity index (χ1) is 12.2. The number of hydrogen-bond acceptors (Lipinski definition) is 4. The van der Waals surface area contributed by atoms with Gasteiger partial charge in [-0.05, 0) is 55.0 Å². The highest BCUT2D eigenvalue weighted by Gasteiger charge is 2.08. The summed E-state index contributed by atoms with van der Waals surface area (Å²) < 4.78 is 11.0. The molecule has 0 aliphatic heterocycles. The highest BCUT2D eigenvalue weighted by molar-refractivity contribution is 5.91. The van der Waals surface area contributed by atoms with Crippen LogP contribution < -0.4 is 15.2 Å². The van der Waals surface area contributed by atoms with Crippen molar-refractivity contribution in [2.24, 2.45) is 0 Å². The van der Waals surface area contributed by atoms with E-state index >= 15 is 0 Å². The average molecular weight is 341 g/mol. The van der Waals surface area contributed by atoms with Crippen LogP contribution in [0.5, 0.6) is 11.5 Å². The van der Waals surface area contributed by atoms with Crippen molar-refractivity contribution in [3.8, 4) is 11.5 Å². The Morgan fingerprint density at radius 1 is 0.840 bits per heavy atom. The molecule has 0 amide bonds. The Morgan fingerprint density at radius 3 is 2.12 bits per heavy atom. The number of nitrogen functional groups attached to an aromatic ring is 1. The van der Waals surface area contributed by atoms with Crippen LogP contribution >= 0.6 is 0 Å². The van der Waals surface area contributed by atoms with Crippen LogP contribution in [0.15, 0.2) is 48.5 Å². The topological polar surface area (TPSA) is 61.5 Å². The number of anilines is 1. The minimum atomic E-state index is -0.396. The number of unbranched alkanes of at least 4 members (excludes halogenated alkanes) is 5. The summed E-state index contributed by atoms with van der Waals surface area (Å²) in [6.07, 6.45) is 7.42. The van der Waals surface area contributed by atoms with E-state index in [0.717, 1.165) is 12.2 Å². The number of carbonyl (C=O) groups is 1. The lowest BCUT2D eigenvalue weighted by Gasteiger charge is -2.08. The van der Waals surface area contributed by atoms with Crippen LogP contribution in [-0.2, 0) is 0 Å². The average Bonchev–Trinajstić information content (AvgIpc) is 2.63. The van der Waals surface area contributed by atoms with E-state index in [1.54, 1.807) is 48.5 Å². The van der Waals surface area contributed by atoms with Crippen molar-refractivity contribution >= 4 is 11.7 Å². The molecule has 0 atom stereocenters. The summed E-state index contributed by atoms with van der Waals surface area (Å²) in [7, 11) is 0. The molecule has 0 heterocycles. The molecule has 0 spiro atoms. The Kier molecular flexibility index (Phi) is 7.83. The SMILES string of the molecule is CCCCCCCCOc1ccc(C(=O)Oc2ccc(N)cc2)cc1. The maximum absolute atomic E-state index is 12.1. The van der Waals surface area contributed by atoms with Gasteiger partial charge in [-0.2, -0.15) is 0 Å². The number of nitrogens with two attached hydrogens (primary N) is 1. The molecule has 25 heavy (non-hydrogen) atoms. The molecule has 0 unspecified atom stereocenters. The lowest BCUT2D eigenvalue weighted by Crippen LogP contribution is -2.08. The van der Waals surface area contributed by atoms with Crippen molar-refractivity contribution in [1.82, 2.24) is 0 Å². The van der Waals surface area contributed by atoms with Crippen molar-refractivity contribution in [2.45, 2.75) is 45.4 Å². The summed E-state index contributed by atoms with van der Waals surface area (Å²) in [5.74, 6) is 0.854. The number of esters is 1. The molecule has 0 bridgehead atoms. The predicted octanol–water partition coefficient (Wildman–Crippen LogP) is 5.23. The molecule has 134 valence electrons. The zero-order chi connectivity index (χ0) is 17.9. The Labute approximate surface area is 150 Å². The first-order valence-corrected chi connectivity index (χ1v) is 8.99. The van der Waals surface area contributed by atoms with Crippen LogP contribution in [0.25, 0.3) is 0 Å². The summed E-state index contributed by atoms with van der Waals surface area (Å²) in [4.78, 5) is 12.1. The maximum atomic E-state index is 12.1. The molecule has 0 saturated heterocycles. The molecular formula is C21H27NO3. The molecule has 0 aliphatic carbocycles. The summed E-state index contributed by atoms with van der Waals surface area (Å²) in [6.45, 7) is 2.93. The monoisotopic (exact) mass is 341 g/mol. The lowest BCUT2D eigenvalue weighted by molar-refractivity contribution is 0.0734. The van der Waals surface area contributed by atoms with Crippen LogP contribution in [0.2, 0.25) is 0 Å². The number of benzene rings is 2. The number of hydrogen-bond donors (Lipinski definition) is 1. The summed E-state index contributed by atoms with van der Waals surface area (Å²) in [6, 6.07) is 13.8. The van der Waals surface area contributed by atoms with E-state index in [1.165, 1.54) is 32.1 Å². The Morgan fingerprint density at radius 2 is 1.44 bits per heavy atom. The van der Waals surface area contributed by atoms with E-state index in [4.69, 9.17) is 15.2 Å². The van der Waals surface area contributed by atoms with Crippen molar-refractivity contribution < 1.29 is 14.3 Å². The van der Waals surface area contributed by atoms with Gasteiger partial charge in [0.05, 0.1) is 12.2 Å². The van der Waals surface area contributed by atoms with Gasteiger partial charge in [0.1, 0.15) is 11.5 Å². The molecule has 2 N–H and O–H groups in total. The number of ether oxygens (including phenoxy) is 2.